The lowest BCUT2D eigenvalue weighted by atomic mass is 9.34. The van der Waals surface area contributed by atoms with E-state index in [1.54, 1.807) is 0 Å². The Bertz CT molecular complexity index is 2660. The minimum Gasteiger partial charge on any atom is -0.458 e. The van der Waals surface area contributed by atoms with Crippen molar-refractivity contribution >= 4 is 62.0 Å². The summed E-state index contributed by atoms with van der Waals surface area (Å²) in [6.07, 6.45) is 0. The fourth-order valence-electron chi connectivity index (χ4n) is 8.52. The van der Waals surface area contributed by atoms with Crippen molar-refractivity contribution in [2.75, 3.05) is 4.90 Å². The first-order chi connectivity index (χ1) is 26.5. The molecule has 0 bridgehead atoms. The van der Waals surface area contributed by atoms with Crippen LogP contribution in [0.1, 0.15) is 52.7 Å². The van der Waals surface area contributed by atoms with Gasteiger partial charge in [-0.3, -0.25) is 0 Å². The van der Waals surface area contributed by atoms with Crippen molar-refractivity contribution in [3.8, 4) is 28.7 Å². The standard InChI is InChI=1S/C50H43BN2O2/c1-49(2,3)32-21-24-40-44(27-32)54-46-30-37(31-47-48(46)51(40)41-25-22-33(50(4,5)6)28-45(41)55-47)53-42-20-14-13-19-38(42)39-29-36(23-26-43(39)53)52(34-15-9-7-10-16-34)35-17-11-8-12-18-35/h7-31H,1-6H3. The van der Waals surface area contributed by atoms with Crippen LogP contribution in [0, 0.1) is 0 Å². The quantitative estimate of drug-likeness (QED) is 0.170. The van der Waals surface area contributed by atoms with E-state index in [1.807, 2.05) is 0 Å². The molecule has 0 atom stereocenters. The Kier molecular flexibility index (Phi) is 7.38. The molecule has 0 amide bonds. The minimum absolute atomic E-state index is 0.00254. The summed E-state index contributed by atoms with van der Waals surface area (Å²) in [5.41, 5.74) is 12.5. The van der Waals surface area contributed by atoms with Crippen LogP contribution in [0.4, 0.5) is 17.1 Å². The Morgan fingerprint density at radius 3 is 1.51 bits per heavy atom. The van der Waals surface area contributed by atoms with Gasteiger partial charge in [-0.1, -0.05) is 120 Å². The van der Waals surface area contributed by atoms with Crippen molar-refractivity contribution in [2.24, 2.45) is 0 Å². The number of hydrogen-bond donors (Lipinski definition) is 0. The molecule has 0 fully saturated rings. The number of nitrogens with zero attached hydrogens (tertiary/aromatic N) is 2. The van der Waals surface area contributed by atoms with Gasteiger partial charge in [0.15, 0.2) is 0 Å². The Morgan fingerprint density at radius 1 is 0.455 bits per heavy atom. The highest BCUT2D eigenvalue weighted by atomic mass is 16.5. The largest absolute Gasteiger partial charge is 0.458 e. The molecule has 0 aliphatic carbocycles. The first-order valence-electron chi connectivity index (χ1n) is 19.3. The van der Waals surface area contributed by atoms with Crippen LogP contribution in [-0.2, 0) is 10.8 Å². The Morgan fingerprint density at radius 2 is 0.964 bits per heavy atom. The van der Waals surface area contributed by atoms with E-state index in [9.17, 15) is 0 Å². The average Bonchev–Trinajstić information content (AvgIpc) is 3.51. The van der Waals surface area contributed by atoms with Gasteiger partial charge in [-0.15, -0.1) is 0 Å². The summed E-state index contributed by atoms with van der Waals surface area (Å²) in [4.78, 5) is 2.32. The van der Waals surface area contributed by atoms with Crippen molar-refractivity contribution in [3.05, 3.63) is 163 Å². The van der Waals surface area contributed by atoms with E-state index >= 15 is 0 Å². The Labute approximate surface area is 323 Å². The molecule has 0 N–H and O–H groups in total. The topological polar surface area (TPSA) is 26.6 Å². The molecule has 0 saturated carbocycles. The number of ether oxygens (including phenoxy) is 2. The van der Waals surface area contributed by atoms with Crippen molar-refractivity contribution in [3.63, 3.8) is 0 Å². The normalized spacial score (nSPS) is 13.2. The highest BCUT2D eigenvalue weighted by Gasteiger charge is 2.41. The lowest BCUT2D eigenvalue weighted by Crippen LogP contribution is -2.57. The number of rotatable bonds is 4. The third-order valence-corrected chi connectivity index (χ3v) is 11.4. The van der Waals surface area contributed by atoms with E-state index in [0.717, 1.165) is 62.2 Å². The van der Waals surface area contributed by atoms with E-state index in [-0.39, 0.29) is 17.5 Å². The second-order valence-corrected chi connectivity index (χ2v) is 17.1. The van der Waals surface area contributed by atoms with E-state index in [1.165, 1.54) is 32.8 Å². The van der Waals surface area contributed by atoms with Gasteiger partial charge < -0.3 is 18.9 Å². The molecule has 2 aliphatic rings. The van der Waals surface area contributed by atoms with Crippen molar-refractivity contribution in [2.45, 2.75) is 52.4 Å². The molecule has 10 rings (SSSR count). The van der Waals surface area contributed by atoms with Gasteiger partial charge in [0.2, 0.25) is 0 Å². The minimum atomic E-state index is -0.0146. The molecule has 5 heteroatoms. The maximum absolute atomic E-state index is 6.96. The molecule has 1 aromatic heterocycles. The van der Waals surface area contributed by atoms with Crippen LogP contribution < -0.4 is 30.8 Å². The number of hydrogen-bond acceptors (Lipinski definition) is 3. The molecule has 7 aromatic carbocycles. The lowest BCUT2D eigenvalue weighted by molar-refractivity contribution is 0.461. The molecule has 0 unspecified atom stereocenters. The van der Waals surface area contributed by atoms with Crippen molar-refractivity contribution in [1.82, 2.24) is 4.57 Å². The number of anilines is 3. The van der Waals surface area contributed by atoms with Gasteiger partial charge >= 0.3 is 0 Å². The first kappa shape index (κ1) is 33.4. The molecule has 0 saturated heterocycles. The SMILES string of the molecule is CC(C)(C)c1ccc2c(c1)Oc1cc(-n3c4ccccc4c4cc(N(c5ccccc5)c5ccccc5)ccc43)cc3c1B2c1ccc(C(C)(C)C)cc1O3. The predicted molar refractivity (Wildman–Crippen MR) is 231 cm³/mol. The lowest BCUT2D eigenvalue weighted by Gasteiger charge is -2.35. The monoisotopic (exact) mass is 714 g/mol. The number of fused-ring (bicyclic) bond motifs is 7. The van der Waals surface area contributed by atoms with Gasteiger partial charge in [0.1, 0.15) is 23.0 Å². The van der Waals surface area contributed by atoms with Crippen molar-refractivity contribution in [1.29, 1.82) is 0 Å². The molecule has 4 nitrogen and oxygen atoms in total. The summed E-state index contributed by atoms with van der Waals surface area (Å²) in [7, 11) is 0. The fraction of sp³-hybridized carbons (Fsp3) is 0.160. The number of para-hydroxylation sites is 3. The average molecular weight is 715 g/mol. The van der Waals surface area contributed by atoms with E-state index in [4.69, 9.17) is 9.47 Å². The predicted octanol–water partition coefficient (Wildman–Crippen LogP) is 11.6. The highest BCUT2D eigenvalue weighted by Crippen LogP contribution is 2.43. The van der Waals surface area contributed by atoms with Gasteiger partial charge in [0, 0.05) is 45.4 Å². The number of aromatic nitrogens is 1. The summed E-state index contributed by atoms with van der Waals surface area (Å²) in [6, 6.07) is 54.7. The smallest absolute Gasteiger partial charge is 0.260 e. The second-order valence-electron chi connectivity index (χ2n) is 17.1. The highest BCUT2D eigenvalue weighted by molar-refractivity contribution is 6.98. The van der Waals surface area contributed by atoms with Crippen LogP contribution in [0.3, 0.4) is 0 Å². The first-order valence-corrected chi connectivity index (χ1v) is 19.3. The molecular formula is C50H43BN2O2. The van der Waals surface area contributed by atoms with Gasteiger partial charge in [0.05, 0.1) is 16.7 Å². The summed E-state index contributed by atoms with van der Waals surface area (Å²) in [5.74, 6) is 3.50. The summed E-state index contributed by atoms with van der Waals surface area (Å²) in [5, 5.41) is 2.36. The zero-order valence-corrected chi connectivity index (χ0v) is 32.2. The molecular weight excluding hydrogens is 671 g/mol. The van der Waals surface area contributed by atoms with Crippen LogP contribution in [-0.4, -0.2) is 11.3 Å². The fourth-order valence-corrected chi connectivity index (χ4v) is 8.52. The Hall–Kier alpha value is -6.20. The van der Waals surface area contributed by atoms with Gasteiger partial charge in [-0.2, -0.15) is 0 Å². The summed E-state index contributed by atoms with van der Waals surface area (Å²) >= 11 is 0. The second kappa shape index (κ2) is 12.2. The van der Waals surface area contributed by atoms with Crippen molar-refractivity contribution < 1.29 is 9.47 Å². The zero-order valence-electron chi connectivity index (χ0n) is 32.2. The molecule has 0 radical (unpaired) electrons. The molecule has 3 heterocycles. The Balaban J connectivity index is 1.18. The summed E-state index contributed by atoms with van der Waals surface area (Å²) in [6.45, 7) is 13.5. The van der Waals surface area contributed by atoms with E-state index in [0.29, 0.717) is 0 Å². The van der Waals surface area contributed by atoms with Crippen LogP contribution in [0.5, 0.6) is 23.0 Å². The van der Waals surface area contributed by atoms with Crippen LogP contribution in [0.15, 0.2) is 152 Å². The summed E-state index contributed by atoms with van der Waals surface area (Å²) < 4.78 is 16.3. The zero-order chi connectivity index (χ0) is 37.6. The molecule has 2 aliphatic heterocycles. The molecule has 0 spiro atoms. The van der Waals surface area contributed by atoms with Crippen LogP contribution >= 0.6 is 0 Å². The maximum Gasteiger partial charge on any atom is 0.260 e. The third kappa shape index (κ3) is 5.44. The van der Waals surface area contributed by atoms with Gasteiger partial charge in [0.25, 0.3) is 6.71 Å². The number of benzene rings is 7. The molecule has 8 aromatic rings. The van der Waals surface area contributed by atoms with Crippen LogP contribution in [0.2, 0.25) is 0 Å². The molecule has 55 heavy (non-hydrogen) atoms. The van der Waals surface area contributed by atoms with E-state index in [2.05, 4.69) is 203 Å². The van der Waals surface area contributed by atoms with Gasteiger partial charge in [-0.25, -0.2) is 0 Å². The third-order valence-electron chi connectivity index (χ3n) is 11.4. The molecule has 268 valence electrons. The maximum atomic E-state index is 6.96. The van der Waals surface area contributed by atoms with E-state index < -0.39 is 0 Å². The van der Waals surface area contributed by atoms with Crippen LogP contribution in [0.25, 0.3) is 27.5 Å². The van der Waals surface area contributed by atoms with Gasteiger partial charge in [-0.05, 0) is 93.5 Å².